The first-order valence-electron chi connectivity index (χ1n) is 13.1. The normalized spacial score (nSPS) is 14.4. The predicted molar refractivity (Wildman–Crippen MR) is 150 cm³/mol. The van der Waals surface area contributed by atoms with Gasteiger partial charge in [0.15, 0.2) is 9.84 Å². The standard InChI is InChI=1S/C28H45N3O6S/c1-19(2)15-23(13-14-38(7,35)36)29-26(32)24(16-20(3)4)30-27(33)25(17-21(5)6)31-28(34)37-18-22-11-9-8-10-12-22/h8-14,19-21,23-25H,15-18H2,1-7H3,(H,29,32)(H,30,33)(H,31,34). The van der Waals surface area contributed by atoms with Crippen LogP contribution in [-0.4, -0.2) is 50.7 Å². The lowest BCUT2D eigenvalue weighted by Gasteiger charge is -2.26. The highest BCUT2D eigenvalue weighted by atomic mass is 32.2. The zero-order chi connectivity index (χ0) is 28.9. The minimum Gasteiger partial charge on any atom is -0.445 e. The first kappa shape index (κ1) is 33.1. The van der Waals surface area contributed by atoms with Gasteiger partial charge >= 0.3 is 6.09 Å². The van der Waals surface area contributed by atoms with Crippen LogP contribution in [0.2, 0.25) is 0 Å². The van der Waals surface area contributed by atoms with Gasteiger partial charge < -0.3 is 20.7 Å². The van der Waals surface area contributed by atoms with E-state index in [4.69, 9.17) is 4.74 Å². The highest BCUT2D eigenvalue weighted by Gasteiger charge is 2.29. The maximum atomic E-state index is 13.3. The van der Waals surface area contributed by atoms with Gasteiger partial charge in [0.2, 0.25) is 11.8 Å². The summed E-state index contributed by atoms with van der Waals surface area (Å²) in [4.78, 5) is 38.9. The van der Waals surface area contributed by atoms with Crippen molar-refractivity contribution in [2.45, 2.75) is 85.5 Å². The van der Waals surface area contributed by atoms with Gasteiger partial charge in [-0.3, -0.25) is 9.59 Å². The number of benzene rings is 1. The Morgan fingerprint density at radius 3 is 1.79 bits per heavy atom. The number of hydrogen-bond acceptors (Lipinski definition) is 6. The molecule has 0 aromatic heterocycles. The van der Waals surface area contributed by atoms with Crippen LogP contribution >= 0.6 is 0 Å². The lowest BCUT2D eigenvalue weighted by molar-refractivity contribution is -0.130. The fraction of sp³-hybridized carbons (Fsp3) is 0.607. The molecule has 38 heavy (non-hydrogen) atoms. The molecule has 0 heterocycles. The van der Waals surface area contributed by atoms with E-state index in [1.165, 1.54) is 6.08 Å². The summed E-state index contributed by atoms with van der Waals surface area (Å²) in [5.74, 6) is -0.513. The molecule has 3 amide bonds. The summed E-state index contributed by atoms with van der Waals surface area (Å²) in [6.45, 7) is 11.7. The van der Waals surface area contributed by atoms with Crippen LogP contribution < -0.4 is 16.0 Å². The van der Waals surface area contributed by atoms with Gasteiger partial charge in [0.05, 0.1) is 0 Å². The van der Waals surface area contributed by atoms with Gasteiger partial charge in [-0.25, -0.2) is 13.2 Å². The van der Waals surface area contributed by atoms with Crippen molar-refractivity contribution in [2.24, 2.45) is 17.8 Å². The molecule has 0 spiro atoms. The average Bonchev–Trinajstić information content (AvgIpc) is 2.79. The summed E-state index contributed by atoms with van der Waals surface area (Å²) in [6, 6.07) is 6.95. The van der Waals surface area contributed by atoms with Crippen molar-refractivity contribution < 1.29 is 27.5 Å². The van der Waals surface area contributed by atoms with Gasteiger partial charge in [-0.05, 0) is 42.6 Å². The van der Waals surface area contributed by atoms with Crippen molar-refractivity contribution in [1.82, 2.24) is 16.0 Å². The van der Waals surface area contributed by atoms with Crippen molar-refractivity contribution in [1.29, 1.82) is 0 Å². The molecule has 3 N–H and O–H groups in total. The van der Waals surface area contributed by atoms with Crippen molar-refractivity contribution in [3.63, 3.8) is 0 Å². The maximum absolute atomic E-state index is 13.3. The number of ether oxygens (including phenoxy) is 1. The number of rotatable bonds is 15. The van der Waals surface area contributed by atoms with Crippen LogP contribution in [0, 0.1) is 17.8 Å². The third-order valence-corrected chi connectivity index (χ3v) is 6.13. The molecule has 0 aliphatic heterocycles. The van der Waals surface area contributed by atoms with Crippen LogP contribution in [0.1, 0.15) is 66.4 Å². The summed E-state index contributed by atoms with van der Waals surface area (Å²) in [7, 11) is -3.36. The molecule has 1 aromatic carbocycles. The van der Waals surface area contributed by atoms with Crippen molar-refractivity contribution in [3.05, 3.63) is 47.4 Å². The molecule has 0 fully saturated rings. The summed E-state index contributed by atoms with van der Waals surface area (Å²) in [5.41, 5.74) is 0.821. The zero-order valence-electron chi connectivity index (χ0n) is 23.7. The molecule has 0 radical (unpaired) electrons. The molecule has 0 bridgehead atoms. The number of carbonyl (C=O) groups is 3. The Balaban J connectivity index is 2.97. The molecule has 1 aromatic rings. The highest BCUT2D eigenvalue weighted by molar-refractivity contribution is 7.93. The first-order valence-corrected chi connectivity index (χ1v) is 15.1. The summed E-state index contributed by atoms with van der Waals surface area (Å²) >= 11 is 0. The van der Waals surface area contributed by atoms with E-state index >= 15 is 0 Å². The summed E-state index contributed by atoms with van der Waals surface area (Å²) < 4.78 is 28.5. The van der Waals surface area contributed by atoms with Crippen molar-refractivity contribution >= 4 is 27.7 Å². The maximum Gasteiger partial charge on any atom is 0.408 e. The summed E-state index contributed by atoms with van der Waals surface area (Å²) in [5, 5.41) is 9.39. The largest absolute Gasteiger partial charge is 0.445 e. The van der Waals surface area contributed by atoms with E-state index in [0.29, 0.717) is 19.3 Å². The van der Waals surface area contributed by atoms with Gasteiger partial charge in [0.25, 0.3) is 0 Å². The van der Waals surface area contributed by atoms with E-state index in [-0.39, 0.29) is 24.4 Å². The molecule has 0 aliphatic carbocycles. The minimum atomic E-state index is -3.36. The van der Waals surface area contributed by atoms with Crippen LogP contribution in [-0.2, 0) is 30.8 Å². The predicted octanol–water partition coefficient (Wildman–Crippen LogP) is 3.95. The van der Waals surface area contributed by atoms with Gasteiger partial charge in [0, 0.05) is 17.7 Å². The quantitative estimate of drug-likeness (QED) is 0.303. The molecular formula is C28H45N3O6S. The molecule has 0 aliphatic rings. The molecule has 0 saturated carbocycles. The third kappa shape index (κ3) is 14.8. The van der Waals surface area contributed by atoms with E-state index in [2.05, 4.69) is 16.0 Å². The molecule has 3 unspecified atom stereocenters. The zero-order valence-corrected chi connectivity index (χ0v) is 24.5. The van der Waals surface area contributed by atoms with E-state index in [1.54, 1.807) is 0 Å². The Morgan fingerprint density at radius 2 is 1.29 bits per heavy atom. The van der Waals surface area contributed by atoms with Gasteiger partial charge in [-0.2, -0.15) is 0 Å². The number of nitrogens with one attached hydrogen (secondary N) is 3. The molecule has 3 atom stereocenters. The third-order valence-electron chi connectivity index (χ3n) is 5.48. The fourth-order valence-electron chi connectivity index (χ4n) is 3.80. The van der Waals surface area contributed by atoms with Crippen LogP contribution in [0.5, 0.6) is 0 Å². The van der Waals surface area contributed by atoms with E-state index in [0.717, 1.165) is 17.2 Å². The number of hydrogen-bond donors (Lipinski definition) is 3. The van der Waals surface area contributed by atoms with Gasteiger partial charge in [-0.15, -0.1) is 0 Å². The van der Waals surface area contributed by atoms with Gasteiger partial charge in [0.1, 0.15) is 18.7 Å². The topological polar surface area (TPSA) is 131 Å². The molecule has 9 nitrogen and oxygen atoms in total. The summed E-state index contributed by atoms with van der Waals surface area (Å²) in [6.07, 6.45) is 3.09. The monoisotopic (exact) mass is 551 g/mol. The molecule has 214 valence electrons. The van der Waals surface area contributed by atoms with Crippen LogP contribution in [0.3, 0.4) is 0 Å². The number of sulfone groups is 1. The number of carbonyl (C=O) groups excluding carboxylic acids is 3. The number of amides is 3. The second-order valence-electron chi connectivity index (χ2n) is 11.0. The minimum absolute atomic E-state index is 0.0688. The lowest BCUT2D eigenvalue weighted by Crippen LogP contribution is -2.55. The fourth-order valence-corrected chi connectivity index (χ4v) is 4.27. The Kier molecular flexibility index (Phi) is 14.1. The van der Waals surface area contributed by atoms with Crippen LogP contribution in [0.15, 0.2) is 41.8 Å². The van der Waals surface area contributed by atoms with Crippen LogP contribution in [0.25, 0.3) is 0 Å². The van der Waals surface area contributed by atoms with E-state index in [9.17, 15) is 22.8 Å². The average molecular weight is 552 g/mol. The Labute approximate surface area is 228 Å². The number of alkyl carbamates (subject to hydrolysis) is 1. The Morgan fingerprint density at radius 1 is 0.789 bits per heavy atom. The molecule has 0 saturated heterocycles. The second kappa shape index (κ2) is 16.2. The Hall–Kier alpha value is -2.88. The first-order chi connectivity index (χ1) is 17.7. The lowest BCUT2D eigenvalue weighted by atomic mass is 9.99. The molecular weight excluding hydrogens is 506 g/mol. The molecule has 1 rings (SSSR count). The second-order valence-corrected chi connectivity index (χ2v) is 12.9. The highest BCUT2D eigenvalue weighted by Crippen LogP contribution is 2.12. The van der Waals surface area contributed by atoms with Crippen molar-refractivity contribution in [3.8, 4) is 0 Å². The smallest absolute Gasteiger partial charge is 0.408 e. The SMILES string of the molecule is CC(C)CC(C=CS(C)(=O)=O)NC(=O)C(CC(C)C)NC(=O)C(CC(C)C)NC(=O)OCc1ccccc1. The van der Waals surface area contributed by atoms with Gasteiger partial charge in [-0.1, -0.05) is 78.0 Å². The van der Waals surface area contributed by atoms with Crippen molar-refractivity contribution in [2.75, 3.05) is 6.26 Å². The Bertz CT molecular complexity index is 1020. The van der Waals surface area contributed by atoms with Crippen LogP contribution in [0.4, 0.5) is 4.79 Å². The van der Waals surface area contributed by atoms with E-state index in [1.807, 2.05) is 71.9 Å². The molecule has 10 heteroatoms. The van der Waals surface area contributed by atoms with E-state index < -0.39 is 45.9 Å².